The first kappa shape index (κ1) is 16.1. The van der Waals surface area contributed by atoms with Crippen molar-refractivity contribution in [2.75, 3.05) is 13.7 Å². The smallest absolute Gasteiger partial charge is 0.271 e. The van der Waals surface area contributed by atoms with Crippen LogP contribution in [0.5, 0.6) is 5.75 Å². The summed E-state index contributed by atoms with van der Waals surface area (Å²) in [5.74, 6) is -0.778. The van der Waals surface area contributed by atoms with E-state index in [-0.39, 0.29) is 11.9 Å². The normalized spacial score (nSPS) is 17.2. The third-order valence-electron chi connectivity index (χ3n) is 3.43. The number of likely N-dealkylation sites (tertiary alicyclic amines) is 1. The van der Waals surface area contributed by atoms with Gasteiger partial charge in [0.1, 0.15) is 11.8 Å². The van der Waals surface area contributed by atoms with Gasteiger partial charge in [-0.1, -0.05) is 11.6 Å². The van der Waals surface area contributed by atoms with Crippen LogP contribution in [0, 0.1) is 0 Å². The van der Waals surface area contributed by atoms with Gasteiger partial charge in [0, 0.05) is 11.6 Å². The van der Waals surface area contributed by atoms with E-state index in [0.29, 0.717) is 35.7 Å². The van der Waals surface area contributed by atoms with E-state index in [2.05, 4.69) is 4.99 Å². The quantitative estimate of drug-likeness (QED) is 0.629. The highest BCUT2D eigenvalue weighted by atomic mass is 35.5. The highest BCUT2D eigenvalue weighted by molar-refractivity contribution is 6.30. The number of benzene rings is 1. The summed E-state index contributed by atoms with van der Waals surface area (Å²) in [6.07, 6.45) is 1.23. The van der Waals surface area contributed by atoms with E-state index in [4.69, 9.17) is 27.8 Å². The number of methoxy groups -OCH3 is 1. The first-order chi connectivity index (χ1) is 10.4. The maximum absolute atomic E-state index is 12.7. The molecular formula is C14H17ClN4O3. The Bertz CT molecular complexity index is 629. The molecule has 8 heteroatoms. The van der Waals surface area contributed by atoms with E-state index in [1.807, 2.05) is 0 Å². The van der Waals surface area contributed by atoms with Crippen LogP contribution in [0.3, 0.4) is 0 Å². The molecule has 0 radical (unpaired) electrons. The van der Waals surface area contributed by atoms with Crippen LogP contribution in [0.2, 0.25) is 5.02 Å². The van der Waals surface area contributed by atoms with E-state index in [9.17, 15) is 9.59 Å². The van der Waals surface area contributed by atoms with Gasteiger partial charge in [0.05, 0.1) is 12.7 Å². The average molecular weight is 325 g/mol. The first-order valence-corrected chi connectivity index (χ1v) is 7.10. The molecule has 2 amide bonds. The van der Waals surface area contributed by atoms with Crippen LogP contribution in [0.4, 0.5) is 0 Å². The van der Waals surface area contributed by atoms with Crippen LogP contribution in [0.1, 0.15) is 23.2 Å². The molecule has 0 aromatic heterocycles. The van der Waals surface area contributed by atoms with Crippen LogP contribution in [-0.2, 0) is 4.79 Å². The van der Waals surface area contributed by atoms with Crippen molar-refractivity contribution in [2.45, 2.75) is 18.9 Å². The minimum atomic E-state index is -0.657. The van der Waals surface area contributed by atoms with E-state index in [0.717, 1.165) is 0 Å². The van der Waals surface area contributed by atoms with Crippen molar-refractivity contribution in [1.82, 2.24) is 4.90 Å². The van der Waals surface area contributed by atoms with Crippen molar-refractivity contribution in [2.24, 2.45) is 16.5 Å². The molecule has 7 nitrogen and oxygen atoms in total. The zero-order chi connectivity index (χ0) is 16.3. The van der Waals surface area contributed by atoms with Crippen LogP contribution >= 0.6 is 11.6 Å². The SMILES string of the molecule is COc1cc(Cl)ccc1C(=O)N1CCCC1C(=O)N=C(N)N. The number of ether oxygens (including phenoxy) is 1. The minimum Gasteiger partial charge on any atom is -0.496 e. The third kappa shape index (κ3) is 3.30. The van der Waals surface area contributed by atoms with Crippen molar-refractivity contribution in [3.63, 3.8) is 0 Å². The molecule has 1 heterocycles. The van der Waals surface area contributed by atoms with Crippen LogP contribution in [0.25, 0.3) is 0 Å². The van der Waals surface area contributed by atoms with E-state index < -0.39 is 11.9 Å². The molecule has 1 aliphatic heterocycles. The Kier molecular flexibility index (Phi) is 4.87. The summed E-state index contributed by atoms with van der Waals surface area (Å²) in [4.78, 5) is 29.7. The Morgan fingerprint density at radius 2 is 2.14 bits per heavy atom. The summed E-state index contributed by atoms with van der Waals surface area (Å²) in [6.45, 7) is 0.459. The van der Waals surface area contributed by atoms with Crippen molar-refractivity contribution in [1.29, 1.82) is 0 Å². The second-order valence-corrected chi connectivity index (χ2v) is 5.31. The van der Waals surface area contributed by atoms with Crippen LogP contribution in [-0.4, -0.2) is 42.4 Å². The maximum Gasteiger partial charge on any atom is 0.271 e. The van der Waals surface area contributed by atoms with Gasteiger partial charge >= 0.3 is 0 Å². The van der Waals surface area contributed by atoms with Crippen molar-refractivity contribution in [3.8, 4) is 5.75 Å². The van der Waals surface area contributed by atoms with Gasteiger partial charge in [-0.05, 0) is 31.0 Å². The van der Waals surface area contributed by atoms with Gasteiger partial charge in [0.25, 0.3) is 11.8 Å². The molecule has 1 aromatic rings. The lowest BCUT2D eigenvalue weighted by Gasteiger charge is -2.23. The predicted molar refractivity (Wildman–Crippen MR) is 82.9 cm³/mol. The number of rotatable bonds is 3. The number of carbonyl (C=O) groups excluding carboxylic acids is 2. The average Bonchev–Trinajstić information content (AvgIpc) is 2.95. The number of hydrogen-bond donors (Lipinski definition) is 2. The summed E-state index contributed by atoms with van der Waals surface area (Å²) in [5, 5.41) is 0.461. The number of carbonyl (C=O) groups is 2. The molecule has 1 aliphatic rings. The Labute approximate surface area is 132 Å². The number of guanidine groups is 1. The van der Waals surface area contributed by atoms with E-state index in [1.165, 1.54) is 12.0 Å². The minimum absolute atomic E-state index is 0.310. The van der Waals surface area contributed by atoms with Crippen molar-refractivity contribution in [3.05, 3.63) is 28.8 Å². The maximum atomic E-state index is 12.7. The molecule has 1 fully saturated rings. The predicted octanol–water partition coefficient (Wildman–Crippen LogP) is 0.753. The van der Waals surface area contributed by atoms with Gasteiger partial charge in [-0.2, -0.15) is 4.99 Å². The highest BCUT2D eigenvalue weighted by Gasteiger charge is 2.35. The van der Waals surface area contributed by atoms with Gasteiger partial charge in [0.2, 0.25) is 0 Å². The van der Waals surface area contributed by atoms with Crippen LogP contribution in [0.15, 0.2) is 23.2 Å². The molecule has 1 unspecified atom stereocenters. The van der Waals surface area contributed by atoms with Gasteiger partial charge < -0.3 is 21.1 Å². The van der Waals surface area contributed by atoms with Gasteiger partial charge in [-0.25, -0.2) is 0 Å². The number of nitrogens with two attached hydrogens (primary N) is 2. The van der Waals surface area contributed by atoms with Crippen LogP contribution < -0.4 is 16.2 Å². The molecule has 0 spiro atoms. The largest absolute Gasteiger partial charge is 0.496 e. The standard InChI is InChI=1S/C14H17ClN4O3/c1-22-11-7-8(15)4-5-9(11)13(21)19-6-2-3-10(19)12(20)18-14(16)17/h4-5,7,10H,2-3,6H2,1H3,(H4,16,17,18,20). The number of nitrogens with zero attached hydrogens (tertiary/aromatic N) is 2. The lowest BCUT2D eigenvalue weighted by atomic mass is 10.1. The fourth-order valence-electron chi connectivity index (χ4n) is 2.46. The monoisotopic (exact) mass is 324 g/mol. The molecule has 22 heavy (non-hydrogen) atoms. The number of halogens is 1. The summed E-state index contributed by atoms with van der Waals surface area (Å²) in [7, 11) is 1.45. The topological polar surface area (TPSA) is 111 Å². The number of aliphatic imine (C=N–C) groups is 1. The first-order valence-electron chi connectivity index (χ1n) is 6.72. The van der Waals surface area contributed by atoms with Gasteiger partial charge in [-0.15, -0.1) is 0 Å². The molecule has 4 N–H and O–H groups in total. The molecule has 0 saturated carbocycles. The third-order valence-corrected chi connectivity index (χ3v) is 3.67. The molecule has 1 saturated heterocycles. The van der Waals surface area contributed by atoms with Gasteiger partial charge in [-0.3, -0.25) is 9.59 Å². The van der Waals surface area contributed by atoms with Crippen molar-refractivity contribution < 1.29 is 14.3 Å². The lowest BCUT2D eigenvalue weighted by Crippen LogP contribution is -2.41. The molecule has 2 rings (SSSR count). The summed E-state index contributed by atoms with van der Waals surface area (Å²) in [5.41, 5.74) is 10.8. The second-order valence-electron chi connectivity index (χ2n) is 4.88. The zero-order valence-electron chi connectivity index (χ0n) is 12.1. The number of hydrogen-bond acceptors (Lipinski definition) is 3. The molecule has 118 valence electrons. The molecule has 1 aromatic carbocycles. The summed E-state index contributed by atoms with van der Waals surface area (Å²) < 4.78 is 5.18. The Morgan fingerprint density at radius 3 is 2.77 bits per heavy atom. The fraction of sp³-hybridized carbons (Fsp3) is 0.357. The highest BCUT2D eigenvalue weighted by Crippen LogP contribution is 2.28. The molecule has 0 aliphatic carbocycles. The lowest BCUT2D eigenvalue weighted by molar-refractivity contribution is -0.121. The zero-order valence-corrected chi connectivity index (χ0v) is 12.8. The Hall–Kier alpha value is -2.28. The summed E-state index contributed by atoms with van der Waals surface area (Å²) in [6, 6.07) is 4.07. The molecule has 0 bridgehead atoms. The van der Waals surface area contributed by atoms with Gasteiger partial charge in [0.15, 0.2) is 5.96 Å². The fourth-order valence-corrected chi connectivity index (χ4v) is 2.63. The number of amides is 2. The molecule has 1 atom stereocenters. The Balaban J connectivity index is 2.28. The Morgan fingerprint density at radius 1 is 1.41 bits per heavy atom. The molecular weight excluding hydrogens is 308 g/mol. The second kappa shape index (κ2) is 6.65. The van der Waals surface area contributed by atoms with E-state index in [1.54, 1.807) is 18.2 Å². The van der Waals surface area contributed by atoms with Crippen molar-refractivity contribution >= 4 is 29.4 Å². The summed E-state index contributed by atoms with van der Waals surface area (Å²) >= 11 is 5.89. The van der Waals surface area contributed by atoms with E-state index >= 15 is 0 Å².